The predicted octanol–water partition coefficient (Wildman–Crippen LogP) is 4.61. The number of nitrogens with one attached hydrogen (secondary N) is 1. The lowest BCUT2D eigenvalue weighted by molar-refractivity contribution is -0.274. The molecule has 0 spiro atoms. The first kappa shape index (κ1) is 20.9. The van der Waals surface area contributed by atoms with Crippen LogP contribution in [0.15, 0.2) is 53.4 Å². The van der Waals surface area contributed by atoms with Crippen LogP contribution < -0.4 is 9.46 Å². The van der Waals surface area contributed by atoms with Crippen molar-refractivity contribution in [2.24, 2.45) is 0 Å². The highest BCUT2D eigenvalue weighted by Gasteiger charge is 2.31. The Hall–Kier alpha value is -2.44. The first-order chi connectivity index (χ1) is 12.4. The summed E-state index contributed by atoms with van der Waals surface area (Å²) in [4.78, 5) is -0.190. The van der Waals surface area contributed by atoms with E-state index in [9.17, 15) is 21.6 Å². The molecule has 0 aliphatic carbocycles. The van der Waals surface area contributed by atoms with Crippen LogP contribution in [0.2, 0.25) is 19.6 Å². The van der Waals surface area contributed by atoms with Crippen LogP contribution in [0.4, 0.5) is 18.9 Å². The van der Waals surface area contributed by atoms with Crippen molar-refractivity contribution in [1.82, 2.24) is 0 Å². The van der Waals surface area contributed by atoms with Crippen molar-refractivity contribution in [1.29, 1.82) is 0 Å². The molecule has 0 saturated heterocycles. The van der Waals surface area contributed by atoms with Crippen molar-refractivity contribution in [3.8, 4) is 17.2 Å². The van der Waals surface area contributed by atoms with Crippen molar-refractivity contribution in [2.45, 2.75) is 30.9 Å². The molecular formula is C18H18F3NO3SSi. The number of ether oxygens (including phenoxy) is 1. The minimum absolute atomic E-state index is 0.190. The van der Waals surface area contributed by atoms with Crippen LogP contribution in [0, 0.1) is 11.5 Å². The highest BCUT2D eigenvalue weighted by atomic mass is 32.2. The fraction of sp³-hybridized carbons (Fsp3) is 0.222. The topological polar surface area (TPSA) is 55.4 Å². The van der Waals surface area contributed by atoms with Gasteiger partial charge in [0.2, 0.25) is 0 Å². The Kier molecular flexibility index (Phi) is 5.92. The Morgan fingerprint density at radius 1 is 1.00 bits per heavy atom. The molecule has 2 aromatic rings. The molecule has 0 aromatic heterocycles. The third-order valence-electron chi connectivity index (χ3n) is 3.11. The molecule has 27 heavy (non-hydrogen) atoms. The zero-order chi connectivity index (χ0) is 20.3. The van der Waals surface area contributed by atoms with Crippen LogP contribution >= 0.6 is 0 Å². The molecule has 0 heterocycles. The van der Waals surface area contributed by atoms with Gasteiger partial charge in [-0.2, -0.15) is 0 Å². The lowest BCUT2D eigenvalue weighted by Gasteiger charge is -2.12. The highest BCUT2D eigenvalue weighted by molar-refractivity contribution is 7.92. The van der Waals surface area contributed by atoms with Crippen molar-refractivity contribution in [3.63, 3.8) is 0 Å². The van der Waals surface area contributed by atoms with E-state index in [1.807, 2.05) is 0 Å². The van der Waals surface area contributed by atoms with Crippen LogP contribution in [-0.4, -0.2) is 22.9 Å². The second-order valence-corrected chi connectivity index (χ2v) is 13.1. The molecule has 0 aliphatic rings. The van der Waals surface area contributed by atoms with E-state index in [-0.39, 0.29) is 4.90 Å². The lowest BCUT2D eigenvalue weighted by Crippen LogP contribution is -2.17. The number of alkyl halides is 3. The van der Waals surface area contributed by atoms with E-state index in [0.717, 1.165) is 24.3 Å². The van der Waals surface area contributed by atoms with E-state index in [0.29, 0.717) is 11.3 Å². The van der Waals surface area contributed by atoms with Crippen molar-refractivity contribution >= 4 is 23.8 Å². The predicted molar refractivity (Wildman–Crippen MR) is 101 cm³/mol. The number of para-hydroxylation sites is 1. The van der Waals surface area contributed by atoms with Crippen molar-refractivity contribution < 1.29 is 26.3 Å². The van der Waals surface area contributed by atoms with Gasteiger partial charge in [0.15, 0.2) is 0 Å². The Bertz CT molecular complexity index is 970. The molecule has 1 N–H and O–H groups in total. The zero-order valence-electron chi connectivity index (χ0n) is 14.9. The number of anilines is 1. The Morgan fingerprint density at radius 3 is 2.15 bits per heavy atom. The minimum atomic E-state index is -4.84. The van der Waals surface area contributed by atoms with Gasteiger partial charge in [0, 0.05) is 5.56 Å². The minimum Gasteiger partial charge on any atom is -0.406 e. The van der Waals surface area contributed by atoms with Gasteiger partial charge in [-0.05, 0) is 36.4 Å². The summed E-state index contributed by atoms with van der Waals surface area (Å²) < 4.78 is 67.8. The van der Waals surface area contributed by atoms with Crippen LogP contribution in [0.5, 0.6) is 5.75 Å². The number of rotatable bonds is 4. The normalized spacial score (nSPS) is 12.1. The van der Waals surface area contributed by atoms with Gasteiger partial charge >= 0.3 is 6.36 Å². The summed E-state index contributed by atoms with van der Waals surface area (Å²) in [6.45, 7) is 6.20. The van der Waals surface area contributed by atoms with Crippen LogP contribution in [-0.2, 0) is 10.0 Å². The lowest BCUT2D eigenvalue weighted by atomic mass is 10.2. The first-order valence-corrected chi connectivity index (χ1v) is 12.8. The summed E-state index contributed by atoms with van der Waals surface area (Å²) >= 11 is 0. The fourth-order valence-corrected chi connectivity index (χ4v) is 3.55. The van der Waals surface area contributed by atoms with Crippen LogP contribution in [0.25, 0.3) is 0 Å². The molecule has 0 amide bonds. The molecule has 0 fully saturated rings. The van der Waals surface area contributed by atoms with E-state index in [1.54, 1.807) is 24.3 Å². The smallest absolute Gasteiger partial charge is 0.406 e. The standard InChI is InChI=1S/C18H18F3NO3SSi/c1-27(2,3)13-12-14-6-4-5-7-17(14)22-26(23,24)16-10-8-15(9-11-16)25-18(19,20)21/h4-11,22H,1-3H3. The summed E-state index contributed by atoms with van der Waals surface area (Å²) in [5.41, 5.74) is 4.00. The fourth-order valence-electron chi connectivity index (χ4n) is 1.96. The molecule has 4 nitrogen and oxygen atoms in total. The maximum absolute atomic E-state index is 12.5. The maximum atomic E-state index is 12.5. The summed E-state index contributed by atoms with van der Waals surface area (Å²) in [5, 5.41) is 0. The van der Waals surface area contributed by atoms with Crippen molar-refractivity contribution in [3.05, 3.63) is 54.1 Å². The van der Waals surface area contributed by atoms with E-state index >= 15 is 0 Å². The molecule has 9 heteroatoms. The molecule has 0 unspecified atom stereocenters. The summed E-state index contributed by atoms with van der Waals surface area (Å²) in [6.07, 6.45) is -4.84. The van der Waals surface area contributed by atoms with Gasteiger partial charge in [0.05, 0.1) is 10.6 Å². The van der Waals surface area contributed by atoms with Gasteiger partial charge in [0.25, 0.3) is 10.0 Å². The Labute approximate surface area is 157 Å². The number of hydrogen-bond acceptors (Lipinski definition) is 3. The molecule has 0 bridgehead atoms. The maximum Gasteiger partial charge on any atom is 0.573 e. The van der Waals surface area contributed by atoms with Crippen LogP contribution in [0.1, 0.15) is 5.56 Å². The third kappa shape index (κ3) is 6.66. The van der Waals surface area contributed by atoms with Gasteiger partial charge in [-0.25, -0.2) is 8.42 Å². The second-order valence-electron chi connectivity index (χ2n) is 6.67. The second kappa shape index (κ2) is 7.66. The van der Waals surface area contributed by atoms with E-state index < -0.39 is 30.2 Å². The SMILES string of the molecule is C[Si](C)(C)C#Cc1ccccc1NS(=O)(=O)c1ccc(OC(F)(F)F)cc1. The Morgan fingerprint density at radius 2 is 1.59 bits per heavy atom. The van der Waals surface area contributed by atoms with Crippen molar-refractivity contribution in [2.75, 3.05) is 4.72 Å². The quantitative estimate of drug-likeness (QED) is 0.588. The van der Waals surface area contributed by atoms with E-state index in [2.05, 4.69) is 40.6 Å². The molecule has 2 rings (SSSR count). The molecule has 0 radical (unpaired) electrons. The molecule has 2 aromatic carbocycles. The van der Waals surface area contributed by atoms with Gasteiger partial charge in [0.1, 0.15) is 13.8 Å². The van der Waals surface area contributed by atoms with Gasteiger partial charge in [-0.3, -0.25) is 4.72 Å². The average Bonchev–Trinajstić information content (AvgIpc) is 2.52. The van der Waals surface area contributed by atoms with Gasteiger partial charge in [-0.1, -0.05) is 37.7 Å². The number of hydrogen-bond donors (Lipinski definition) is 1. The van der Waals surface area contributed by atoms with Crippen LogP contribution in [0.3, 0.4) is 0 Å². The summed E-state index contributed by atoms with van der Waals surface area (Å²) in [5.74, 6) is 2.50. The molecule has 144 valence electrons. The largest absolute Gasteiger partial charge is 0.573 e. The molecular weight excluding hydrogens is 395 g/mol. The number of benzene rings is 2. The van der Waals surface area contributed by atoms with E-state index in [1.165, 1.54) is 0 Å². The van der Waals surface area contributed by atoms with Gasteiger partial charge in [-0.15, -0.1) is 18.7 Å². The molecule has 0 saturated carbocycles. The highest BCUT2D eigenvalue weighted by Crippen LogP contribution is 2.25. The summed E-state index contributed by atoms with van der Waals surface area (Å²) in [7, 11) is -5.65. The summed E-state index contributed by atoms with van der Waals surface area (Å²) in [6, 6.07) is 10.7. The molecule has 0 atom stereocenters. The average molecular weight is 413 g/mol. The number of halogens is 3. The van der Waals surface area contributed by atoms with Gasteiger partial charge < -0.3 is 4.74 Å². The molecule has 0 aliphatic heterocycles. The zero-order valence-corrected chi connectivity index (χ0v) is 16.7. The first-order valence-electron chi connectivity index (χ1n) is 7.87. The van der Waals surface area contributed by atoms with E-state index in [4.69, 9.17) is 0 Å². The number of sulfonamides is 1. The Balaban J connectivity index is 2.28. The monoisotopic (exact) mass is 413 g/mol. The third-order valence-corrected chi connectivity index (χ3v) is 5.37.